The molecule has 0 bridgehead atoms. The Bertz CT molecular complexity index is 1110. The minimum absolute atomic E-state index is 0.0875. The van der Waals surface area contributed by atoms with Crippen LogP contribution in [0, 0.1) is 0 Å². The summed E-state index contributed by atoms with van der Waals surface area (Å²) in [4.78, 5) is 20.6. The van der Waals surface area contributed by atoms with Crippen molar-refractivity contribution in [2.45, 2.75) is 38.0 Å². The molecule has 2 N–H and O–H groups in total. The molecule has 180 valence electrons. The van der Waals surface area contributed by atoms with Gasteiger partial charge in [0.25, 0.3) is 0 Å². The van der Waals surface area contributed by atoms with E-state index in [2.05, 4.69) is 20.4 Å². The lowest BCUT2D eigenvalue weighted by atomic mass is 9.92. The Hall–Kier alpha value is -3.82. The number of ether oxygens (including phenoxy) is 3. The number of carboxylic acids is 1. The predicted octanol–water partition coefficient (Wildman–Crippen LogP) is 3.26. The van der Waals surface area contributed by atoms with Crippen molar-refractivity contribution in [2.24, 2.45) is 0 Å². The molecule has 0 radical (unpaired) electrons. The summed E-state index contributed by atoms with van der Waals surface area (Å²) in [6, 6.07) is 9.25. The number of nitrogens with one attached hydrogen (secondary N) is 1. The molecular formula is C24H28N4O6. The SMILES string of the molecule is COc1cc(OC)cc(C(CC(=O)O)Cc2nc(CCCc3ccc4c(n3)NCCO4)no2)c1. The third kappa shape index (κ3) is 5.94. The van der Waals surface area contributed by atoms with Crippen LogP contribution in [-0.4, -0.2) is 53.6 Å². The van der Waals surface area contributed by atoms with Crippen molar-refractivity contribution < 1.29 is 28.6 Å². The molecule has 0 saturated carbocycles. The maximum absolute atomic E-state index is 11.5. The van der Waals surface area contributed by atoms with Crippen molar-refractivity contribution in [3.63, 3.8) is 0 Å². The van der Waals surface area contributed by atoms with Gasteiger partial charge in [0.2, 0.25) is 5.89 Å². The lowest BCUT2D eigenvalue weighted by Crippen LogP contribution is -2.19. The fourth-order valence-electron chi connectivity index (χ4n) is 3.90. The summed E-state index contributed by atoms with van der Waals surface area (Å²) in [5.41, 5.74) is 1.74. The number of aryl methyl sites for hydroxylation is 2. The van der Waals surface area contributed by atoms with Crippen molar-refractivity contribution in [3.8, 4) is 17.2 Å². The van der Waals surface area contributed by atoms with E-state index in [1.807, 2.05) is 12.1 Å². The number of carbonyl (C=O) groups is 1. The molecule has 34 heavy (non-hydrogen) atoms. The molecule has 1 aromatic carbocycles. The highest BCUT2D eigenvalue weighted by Gasteiger charge is 2.21. The molecule has 0 fully saturated rings. The maximum Gasteiger partial charge on any atom is 0.303 e. The normalized spacial score (nSPS) is 13.4. The first-order chi connectivity index (χ1) is 16.5. The minimum atomic E-state index is -0.913. The molecule has 10 heteroatoms. The fourth-order valence-corrected chi connectivity index (χ4v) is 3.90. The zero-order valence-electron chi connectivity index (χ0n) is 19.2. The van der Waals surface area contributed by atoms with E-state index >= 15 is 0 Å². The van der Waals surface area contributed by atoms with Crippen LogP contribution < -0.4 is 19.5 Å². The predicted molar refractivity (Wildman–Crippen MR) is 123 cm³/mol. The Balaban J connectivity index is 1.38. The van der Waals surface area contributed by atoms with Crippen molar-refractivity contribution in [1.82, 2.24) is 15.1 Å². The molecule has 1 atom stereocenters. The number of hydrogen-bond donors (Lipinski definition) is 2. The number of anilines is 1. The first kappa shape index (κ1) is 23.3. The van der Waals surface area contributed by atoms with Crippen LogP contribution in [-0.2, 0) is 24.1 Å². The highest BCUT2D eigenvalue weighted by Crippen LogP contribution is 2.31. The van der Waals surface area contributed by atoms with Crippen LogP contribution in [0.1, 0.15) is 41.7 Å². The van der Waals surface area contributed by atoms with Gasteiger partial charge in [0, 0.05) is 30.5 Å². The van der Waals surface area contributed by atoms with E-state index in [9.17, 15) is 9.90 Å². The highest BCUT2D eigenvalue weighted by atomic mass is 16.5. The summed E-state index contributed by atoms with van der Waals surface area (Å²) in [7, 11) is 3.11. The lowest BCUT2D eigenvalue weighted by molar-refractivity contribution is -0.137. The van der Waals surface area contributed by atoms with Crippen molar-refractivity contribution in [1.29, 1.82) is 0 Å². The monoisotopic (exact) mass is 468 g/mol. The highest BCUT2D eigenvalue weighted by molar-refractivity contribution is 5.68. The van der Waals surface area contributed by atoms with E-state index in [-0.39, 0.29) is 12.3 Å². The second-order valence-electron chi connectivity index (χ2n) is 8.03. The summed E-state index contributed by atoms with van der Waals surface area (Å²) in [5, 5.41) is 16.7. The van der Waals surface area contributed by atoms with E-state index in [0.717, 1.165) is 42.2 Å². The van der Waals surface area contributed by atoms with Crippen LogP contribution in [0.5, 0.6) is 17.2 Å². The molecule has 3 heterocycles. The number of hydrogen-bond acceptors (Lipinski definition) is 9. The van der Waals surface area contributed by atoms with Gasteiger partial charge in [-0.3, -0.25) is 4.79 Å². The van der Waals surface area contributed by atoms with Gasteiger partial charge in [-0.1, -0.05) is 5.16 Å². The lowest BCUT2D eigenvalue weighted by Gasteiger charge is -2.18. The van der Waals surface area contributed by atoms with E-state index in [4.69, 9.17) is 18.7 Å². The van der Waals surface area contributed by atoms with E-state index in [1.54, 1.807) is 32.4 Å². The Morgan fingerprint density at radius 1 is 1.15 bits per heavy atom. The molecule has 1 aliphatic heterocycles. The average molecular weight is 469 g/mol. The molecule has 1 aliphatic rings. The van der Waals surface area contributed by atoms with Crippen LogP contribution in [0.25, 0.3) is 0 Å². The van der Waals surface area contributed by atoms with Crippen molar-refractivity contribution in [2.75, 3.05) is 32.7 Å². The smallest absolute Gasteiger partial charge is 0.303 e. The van der Waals surface area contributed by atoms with Crippen LogP contribution >= 0.6 is 0 Å². The van der Waals surface area contributed by atoms with E-state index in [1.165, 1.54) is 0 Å². The standard InChI is InChI=1S/C24H28N4O6/c1-31-18-10-15(11-19(14-18)32-2)16(13-23(29)30)12-22-27-21(28-34-22)5-3-4-17-6-7-20-24(26-17)25-8-9-33-20/h6-7,10-11,14,16H,3-5,8-9,12-13H2,1-2H3,(H,25,26)(H,29,30). The van der Waals surface area contributed by atoms with Crippen molar-refractivity contribution in [3.05, 3.63) is 53.3 Å². The molecule has 0 amide bonds. The van der Waals surface area contributed by atoms with Crippen LogP contribution in [0.2, 0.25) is 0 Å². The van der Waals surface area contributed by atoms with Crippen LogP contribution in [0.4, 0.5) is 5.82 Å². The summed E-state index contributed by atoms with van der Waals surface area (Å²) in [5.74, 6) is 2.45. The maximum atomic E-state index is 11.5. The summed E-state index contributed by atoms with van der Waals surface area (Å²) >= 11 is 0. The van der Waals surface area contributed by atoms with Gasteiger partial charge in [0.05, 0.1) is 27.2 Å². The summed E-state index contributed by atoms with van der Waals surface area (Å²) < 4.78 is 21.6. The van der Waals surface area contributed by atoms with Gasteiger partial charge in [-0.05, 0) is 42.7 Å². The number of benzene rings is 1. The van der Waals surface area contributed by atoms with Gasteiger partial charge < -0.3 is 29.2 Å². The first-order valence-corrected chi connectivity index (χ1v) is 11.2. The topological polar surface area (TPSA) is 129 Å². The molecular weight excluding hydrogens is 440 g/mol. The van der Waals surface area contributed by atoms with Gasteiger partial charge in [-0.25, -0.2) is 4.98 Å². The second kappa shape index (κ2) is 10.9. The van der Waals surface area contributed by atoms with Crippen molar-refractivity contribution >= 4 is 11.8 Å². The number of aliphatic carboxylic acids is 1. The molecule has 0 aliphatic carbocycles. The average Bonchev–Trinajstić information content (AvgIpc) is 3.30. The van der Waals surface area contributed by atoms with Gasteiger partial charge in [-0.2, -0.15) is 4.98 Å². The quantitative estimate of drug-likeness (QED) is 0.432. The van der Waals surface area contributed by atoms with Gasteiger partial charge in [-0.15, -0.1) is 0 Å². The number of methoxy groups -OCH3 is 2. The second-order valence-corrected chi connectivity index (χ2v) is 8.03. The zero-order chi connectivity index (χ0) is 23.9. The number of aromatic nitrogens is 3. The molecule has 0 saturated heterocycles. The summed E-state index contributed by atoms with van der Waals surface area (Å²) in [6.45, 7) is 1.40. The Labute approximate surface area is 197 Å². The number of nitrogens with zero attached hydrogens (tertiary/aromatic N) is 3. The minimum Gasteiger partial charge on any atom is -0.497 e. The van der Waals surface area contributed by atoms with E-state index < -0.39 is 5.97 Å². The third-order valence-electron chi connectivity index (χ3n) is 5.60. The molecule has 1 unspecified atom stereocenters. The molecule has 10 nitrogen and oxygen atoms in total. The zero-order valence-corrected chi connectivity index (χ0v) is 19.2. The van der Waals surface area contributed by atoms with Crippen LogP contribution in [0.3, 0.4) is 0 Å². The van der Waals surface area contributed by atoms with Gasteiger partial charge in [0.15, 0.2) is 17.4 Å². The Morgan fingerprint density at radius 3 is 2.68 bits per heavy atom. The fraction of sp³-hybridized carbons (Fsp3) is 0.417. The largest absolute Gasteiger partial charge is 0.497 e. The number of pyridine rings is 1. The third-order valence-corrected chi connectivity index (χ3v) is 5.60. The van der Waals surface area contributed by atoms with E-state index in [0.29, 0.717) is 42.7 Å². The number of fused-ring (bicyclic) bond motifs is 1. The Morgan fingerprint density at radius 2 is 1.94 bits per heavy atom. The van der Waals surface area contributed by atoms with Gasteiger partial charge >= 0.3 is 5.97 Å². The molecule has 3 aromatic rings. The van der Waals surface area contributed by atoms with Crippen LogP contribution in [0.15, 0.2) is 34.9 Å². The molecule has 0 spiro atoms. The first-order valence-electron chi connectivity index (χ1n) is 11.2. The number of rotatable bonds is 11. The molecule has 2 aromatic heterocycles. The Kier molecular flexibility index (Phi) is 7.46. The van der Waals surface area contributed by atoms with Gasteiger partial charge in [0.1, 0.15) is 18.1 Å². The molecule has 4 rings (SSSR count). The number of carboxylic acid groups (broad SMARTS) is 1. The summed E-state index contributed by atoms with van der Waals surface area (Å²) in [6.07, 6.45) is 2.41.